The Hall–Kier alpha value is -0.0800. The molecule has 3 rings (SSSR count). The maximum absolute atomic E-state index is 10.2. The van der Waals surface area contributed by atoms with Gasteiger partial charge in [0.25, 0.3) is 0 Å². The molecule has 3 aliphatic carbocycles. The van der Waals surface area contributed by atoms with Crippen LogP contribution in [-0.2, 0) is 4.74 Å². The molecule has 3 saturated carbocycles. The fraction of sp³-hybridized carbons (Fsp3) is 1.00. The summed E-state index contributed by atoms with van der Waals surface area (Å²) in [5.74, 6) is 0. The van der Waals surface area contributed by atoms with Crippen molar-refractivity contribution in [2.75, 3.05) is 0 Å². The summed E-state index contributed by atoms with van der Waals surface area (Å²) in [4.78, 5) is 0. The molecule has 2 unspecified atom stereocenters. The first kappa shape index (κ1) is 12.0. The van der Waals surface area contributed by atoms with Gasteiger partial charge in [-0.1, -0.05) is 38.5 Å². The standard InChI is InChI=1S/C15H26O2/c16-13-11-14(17-12-7-3-4-8-12)15(13)9-5-1-2-6-10-15/h12-14,16H,1-11H2. The number of hydrogen-bond acceptors (Lipinski definition) is 2. The number of hydrogen-bond donors (Lipinski definition) is 1. The van der Waals surface area contributed by atoms with E-state index in [-0.39, 0.29) is 11.5 Å². The van der Waals surface area contributed by atoms with Crippen molar-refractivity contribution < 1.29 is 9.84 Å². The normalized spacial score (nSPS) is 37.9. The Balaban J connectivity index is 1.63. The predicted molar refractivity (Wildman–Crippen MR) is 67.9 cm³/mol. The molecular weight excluding hydrogens is 212 g/mol. The van der Waals surface area contributed by atoms with E-state index in [9.17, 15) is 5.11 Å². The van der Waals surface area contributed by atoms with Crippen molar-refractivity contribution in [1.82, 2.24) is 0 Å². The third kappa shape index (κ3) is 2.15. The summed E-state index contributed by atoms with van der Waals surface area (Å²) in [6.07, 6.45) is 14.6. The van der Waals surface area contributed by atoms with E-state index in [0.29, 0.717) is 12.2 Å². The van der Waals surface area contributed by atoms with Crippen molar-refractivity contribution in [3.8, 4) is 0 Å². The molecule has 0 saturated heterocycles. The van der Waals surface area contributed by atoms with Gasteiger partial charge in [0, 0.05) is 11.8 Å². The summed E-state index contributed by atoms with van der Waals surface area (Å²) in [5.41, 5.74) is 0.152. The molecule has 0 radical (unpaired) electrons. The minimum absolute atomic E-state index is 0.0768. The van der Waals surface area contributed by atoms with Gasteiger partial charge >= 0.3 is 0 Å². The van der Waals surface area contributed by atoms with E-state index in [1.807, 2.05) is 0 Å². The van der Waals surface area contributed by atoms with Gasteiger partial charge < -0.3 is 9.84 Å². The third-order valence-electron chi connectivity index (χ3n) is 5.44. The Kier molecular flexibility index (Phi) is 3.45. The van der Waals surface area contributed by atoms with Crippen molar-refractivity contribution in [3.05, 3.63) is 0 Å². The Morgan fingerprint density at radius 2 is 1.53 bits per heavy atom. The van der Waals surface area contributed by atoms with E-state index >= 15 is 0 Å². The van der Waals surface area contributed by atoms with Crippen molar-refractivity contribution in [2.45, 2.75) is 88.9 Å². The molecule has 2 nitrogen and oxygen atoms in total. The van der Waals surface area contributed by atoms with Crippen LogP contribution in [-0.4, -0.2) is 23.4 Å². The van der Waals surface area contributed by atoms with Gasteiger partial charge in [-0.15, -0.1) is 0 Å². The monoisotopic (exact) mass is 238 g/mol. The van der Waals surface area contributed by atoms with Gasteiger partial charge in [0.2, 0.25) is 0 Å². The predicted octanol–water partition coefficient (Wildman–Crippen LogP) is 3.42. The van der Waals surface area contributed by atoms with Gasteiger partial charge in [-0.05, 0) is 25.7 Å². The lowest BCUT2D eigenvalue weighted by Gasteiger charge is -2.54. The second-order valence-electron chi connectivity index (χ2n) is 6.43. The molecule has 0 amide bonds. The van der Waals surface area contributed by atoms with Crippen LogP contribution < -0.4 is 0 Å². The summed E-state index contributed by atoms with van der Waals surface area (Å²) in [6, 6.07) is 0. The maximum atomic E-state index is 10.2. The van der Waals surface area contributed by atoms with E-state index in [4.69, 9.17) is 4.74 Å². The van der Waals surface area contributed by atoms with Crippen LogP contribution in [0, 0.1) is 5.41 Å². The van der Waals surface area contributed by atoms with Crippen molar-refractivity contribution in [1.29, 1.82) is 0 Å². The maximum Gasteiger partial charge on any atom is 0.0684 e. The van der Waals surface area contributed by atoms with Crippen LogP contribution in [0.5, 0.6) is 0 Å². The number of rotatable bonds is 2. The van der Waals surface area contributed by atoms with Crippen LogP contribution in [0.1, 0.15) is 70.6 Å². The molecular formula is C15H26O2. The minimum Gasteiger partial charge on any atom is -0.392 e. The number of ether oxygens (including phenoxy) is 1. The SMILES string of the molecule is OC1CC(OC2CCCC2)C12CCCCCC2. The highest BCUT2D eigenvalue weighted by atomic mass is 16.5. The lowest BCUT2D eigenvalue weighted by atomic mass is 9.59. The fourth-order valence-electron chi connectivity index (χ4n) is 4.22. The lowest BCUT2D eigenvalue weighted by Crippen LogP contribution is -2.58. The molecule has 3 fully saturated rings. The van der Waals surface area contributed by atoms with E-state index in [1.165, 1.54) is 64.2 Å². The van der Waals surface area contributed by atoms with Crippen molar-refractivity contribution in [2.24, 2.45) is 5.41 Å². The minimum atomic E-state index is -0.0768. The first-order valence-electron chi connectivity index (χ1n) is 7.65. The third-order valence-corrected chi connectivity index (χ3v) is 5.44. The molecule has 98 valence electrons. The first-order chi connectivity index (χ1) is 8.31. The van der Waals surface area contributed by atoms with Gasteiger partial charge in [-0.3, -0.25) is 0 Å². The highest BCUT2D eigenvalue weighted by molar-refractivity contribution is 5.05. The highest BCUT2D eigenvalue weighted by Gasteiger charge is 2.55. The van der Waals surface area contributed by atoms with Crippen molar-refractivity contribution >= 4 is 0 Å². The molecule has 17 heavy (non-hydrogen) atoms. The van der Waals surface area contributed by atoms with Gasteiger partial charge in [-0.25, -0.2) is 0 Å². The van der Waals surface area contributed by atoms with Crippen LogP contribution in [0.15, 0.2) is 0 Å². The second-order valence-corrected chi connectivity index (χ2v) is 6.43. The van der Waals surface area contributed by atoms with E-state index in [0.717, 1.165) is 6.42 Å². The average Bonchev–Trinajstić information content (AvgIpc) is 2.70. The van der Waals surface area contributed by atoms with Gasteiger partial charge in [0.15, 0.2) is 0 Å². The molecule has 0 aliphatic heterocycles. The molecule has 2 heteroatoms. The van der Waals surface area contributed by atoms with Crippen LogP contribution in [0.25, 0.3) is 0 Å². The van der Waals surface area contributed by atoms with E-state index < -0.39 is 0 Å². The Bertz CT molecular complexity index is 250. The topological polar surface area (TPSA) is 29.5 Å². The fourth-order valence-corrected chi connectivity index (χ4v) is 4.22. The zero-order valence-electron chi connectivity index (χ0n) is 10.9. The molecule has 0 heterocycles. The smallest absolute Gasteiger partial charge is 0.0684 e. The summed E-state index contributed by atoms with van der Waals surface area (Å²) in [5, 5.41) is 10.2. The molecule has 2 atom stereocenters. The molecule has 1 N–H and O–H groups in total. The van der Waals surface area contributed by atoms with Crippen LogP contribution in [0.2, 0.25) is 0 Å². The Morgan fingerprint density at radius 3 is 2.12 bits per heavy atom. The largest absolute Gasteiger partial charge is 0.392 e. The highest BCUT2D eigenvalue weighted by Crippen LogP contribution is 2.53. The van der Waals surface area contributed by atoms with Gasteiger partial charge in [0.1, 0.15) is 0 Å². The molecule has 0 bridgehead atoms. The van der Waals surface area contributed by atoms with Crippen molar-refractivity contribution in [3.63, 3.8) is 0 Å². The molecule has 1 spiro atoms. The average molecular weight is 238 g/mol. The lowest BCUT2D eigenvalue weighted by molar-refractivity contribution is -0.214. The summed E-state index contributed by atoms with van der Waals surface area (Å²) in [6.45, 7) is 0. The Labute approximate surface area is 105 Å². The van der Waals surface area contributed by atoms with Crippen LogP contribution >= 0.6 is 0 Å². The van der Waals surface area contributed by atoms with Gasteiger partial charge in [-0.2, -0.15) is 0 Å². The van der Waals surface area contributed by atoms with E-state index in [2.05, 4.69) is 0 Å². The van der Waals surface area contributed by atoms with Crippen LogP contribution in [0.4, 0.5) is 0 Å². The van der Waals surface area contributed by atoms with E-state index in [1.54, 1.807) is 0 Å². The molecule has 0 aromatic heterocycles. The quantitative estimate of drug-likeness (QED) is 0.798. The molecule has 0 aromatic carbocycles. The summed E-state index contributed by atoms with van der Waals surface area (Å²) >= 11 is 0. The van der Waals surface area contributed by atoms with Crippen LogP contribution in [0.3, 0.4) is 0 Å². The summed E-state index contributed by atoms with van der Waals surface area (Å²) < 4.78 is 6.31. The first-order valence-corrected chi connectivity index (χ1v) is 7.65. The molecule has 0 aromatic rings. The summed E-state index contributed by atoms with van der Waals surface area (Å²) in [7, 11) is 0. The molecule has 3 aliphatic rings. The van der Waals surface area contributed by atoms with Gasteiger partial charge in [0.05, 0.1) is 18.3 Å². The Morgan fingerprint density at radius 1 is 0.882 bits per heavy atom. The second kappa shape index (κ2) is 4.89. The number of aliphatic hydroxyl groups excluding tert-OH is 1. The zero-order chi connectivity index (χ0) is 11.7. The number of aliphatic hydroxyl groups is 1. The zero-order valence-corrected chi connectivity index (χ0v) is 10.9.